The molecule has 2 rings (SSSR count). The average Bonchev–Trinajstić information content (AvgIpc) is 2.57. The predicted octanol–water partition coefficient (Wildman–Crippen LogP) is 3.10. The van der Waals surface area contributed by atoms with Gasteiger partial charge in [-0.2, -0.15) is 0 Å². The molecule has 0 spiro atoms. The summed E-state index contributed by atoms with van der Waals surface area (Å²) in [6, 6.07) is 3.13. The number of nitrogens with zero attached hydrogens (tertiary/aromatic N) is 3. The first-order valence-corrected chi connectivity index (χ1v) is 10.4. The standard InChI is InChI=1S/C17H26FN5O5S/c1-16(2,3)28-15(24)20-14-21-17(4,10-29(27,19-5)22(14)6)12-9-11(23(25)26)7-8-13(12)18/h7-9,19,27H,10H2,1-6H3,(H,20,21,24)/t17-/m0/s1. The van der Waals surface area contributed by atoms with E-state index in [0.717, 1.165) is 18.2 Å². The van der Waals surface area contributed by atoms with Gasteiger partial charge in [-0.05, 0) is 40.8 Å². The van der Waals surface area contributed by atoms with Gasteiger partial charge in [0.15, 0.2) is 0 Å². The molecule has 0 fully saturated rings. The van der Waals surface area contributed by atoms with Gasteiger partial charge < -0.3 is 9.29 Å². The number of nitro groups is 1. The van der Waals surface area contributed by atoms with Gasteiger partial charge in [0.2, 0.25) is 5.96 Å². The Hall–Kier alpha value is -2.44. The van der Waals surface area contributed by atoms with Crippen LogP contribution in [0.1, 0.15) is 33.3 Å². The lowest BCUT2D eigenvalue weighted by molar-refractivity contribution is -0.385. The van der Waals surface area contributed by atoms with Crippen molar-refractivity contribution in [3.63, 3.8) is 0 Å². The van der Waals surface area contributed by atoms with Crippen LogP contribution in [0.4, 0.5) is 14.9 Å². The molecule has 0 saturated heterocycles. The molecule has 162 valence electrons. The molecule has 1 unspecified atom stereocenters. The monoisotopic (exact) mass is 431 g/mol. The van der Waals surface area contributed by atoms with Gasteiger partial charge >= 0.3 is 6.09 Å². The number of carbonyl (C=O) groups is 1. The molecule has 1 aromatic rings. The second kappa shape index (κ2) is 7.76. The Labute approximate surface area is 170 Å². The van der Waals surface area contributed by atoms with Crippen LogP contribution < -0.4 is 10.0 Å². The van der Waals surface area contributed by atoms with Crippen LogP contribution in [-0.4, -0.2) is 51.3 Å². The fraction of sp³-hybridized carbons (Fsp3) is 0.529. The fourth-order valence-electron chi connectivity index (χ4n) is 2.86. The highest BCUT2D eigenvalue weighted by Crippen LogP contribution is 2.52. The number of non-ortho nitro benzene ring substituents is 1. The number of rotatable bonds is 3. The van der Waals surface area contributed by atoms with Crippen LogP contribution in [0.25, 0.3) is 0 Å². The number of nitro benzene ring substituents is 1. The number of guanidine groups is 1. The largest absolute Gasteiger partial charge is 0.444 e. The highest BCUT2D eigenvalue weighted by atomic mass is 32.3. The van der Waals surface area contributed by atoms with Crippen molar-refractivity contribution in [2.24, 2.45) is 4.99 Å². The van der Waals surface area contributed by atoms with Crippen LogP contribution in [0.2, 0.25) is 0 Å². The van der Waals surface area contributed by atoms with Gasteiger partial charge in [0.25, 0.3) is 5.69 Å². The number of amides is 1. The summed E-state index contributed by atoms with van der Waals surface area (Å²) in [6.07, 6.45) is -0.801. The third kappa shape index (κ3) is 4.95. The van der Waals surface area contributed by atoms with Crippen molar-refractivity contribution in [3.8, 4) is 0 Å². The van der Waals surface area contributed by atoms with E-state index in [-0.39, 0.29) is 23.0 Å². The third-order valence-electron chi connectivity index (χ3n) is 4.27. The SMILES string of the molecule is CNS1(O)C[C@@](C)(c2cc([N+](=O)[O-])ccc2F)N=C(NC(=O)OC(C)(C)C)N1C. The van der Waals surface area contributed by atoms with Crippen LogP contribution >= 0.6 is 10.7 Å². The van der Waals surface area contributed by atoms with Crippen molar-refractivity contribution in [2.75, 3.05) is 19.8 Å². The van der Waals surface area contributed by atoms with Gasteiger partial charge in [0.1, 0.15) is 17.0 Å². The Morgan fingerprint density at radius 1 is 1.48 bits per heavy atom. The molecule has 1 amide bonds. The first-order valence-electron chi connectivity index (χ1n) is 8.71. The summed E-state index contributed by atoms with van der Waals surface area (Å²) in [5.41, 5.74) is -2.52. The van der Waals surface area contributed by atoms with Gasteiger partial charge in [-0.3, -0.25) is 19.7 Å². The topological polar surface area (TPSA) is 129 Å². The molecule has 0 radical (unpaired) electrons. The molecule has 10 nitrogen and oxygen atoms in total. The van der Waals surface area contributed by atoms with Gasteiger partial charge in [0, 0.05) is 35.4 Å². The normalized spacial score (nSPS) is 26.9. The molecule has 2 atom stereocenters. The van der Waals surface area contributed by atoms with Crippen LogP contribution in [0.15, 0.2) is 23.2 Å². The molecule has 1 aliphatic rings. The van der Waals surface area contributed by atoms with Gasteiger partial charge in [-0.1, -0.05) is 0 Å². The molecule has 0 aliphatic carbocycles. The van der Waals surface area contributed by atoms with E-state index in [9.17, 15) is 23.9 Å². The van der Waals surface area contributed by atoms with E-state index in [0.29, 0.717) is 0 Å². The van der Waals surface area contributed by atoms with Crippen LogP contribution in [0.5, 0.6) is 0 Å². The second-order valence-corrected chi connectivity index (χ2v) is 10.3. The number of hydrogen-bond acceptors (Lipinski definition) is 8. The zero-order valence-electron chi connectivity index (χ0n) is 17.1. The van der Waals surface area contributed by atoms with Crippen molar-refractivity contribution in [1.29, 1.82) is 0 Å². The van der Waals surface area contributed by atoms with E-state index in [1.165, 1.54) is 25.3 Å². The maximum absolute atomic E-state index is 14.6. The maximum atomic E-state index is 14.6. The summed E-state index contributed by atoms with van der Waals surface area (Å²) in [6.45, 7) is 6.61. The minimum Gasteiger partial charge on any atom is -0.444 e. The summed E-state index contributed by atoms with van der Waals surface area (Å²) >= 11 is 0. The molecule has 1 aromatic carbocycles. The Morgan fingerprint density at radius 3 is 2.62 bits per heavy atom. The van der Waals surface area contributed by atoms with Gasteiger partial charge in [-0.15, -0.1) is 0 Å². The molecule has 1 aliphatic heterocycles. The summed E-state index contributed by atoms with van der Waals surface area (Å²) in [5.74, 6) is -0.823. The number of carbonyl (C=O) groups excluding carboxylic acids is 1. The molecule has 1 heterocycles. The molecule has 0 bridgehead atoms. The fourth-order valence-corrected chi connectivity index (χ4v) is 4.84. The number of ether oxygens (including phenoxy) is 1. The van der Waals surface area contributed by atoms with Crippen molar-refractivity contribution < 1.29 is 23.4 Å². The number of alkyl carbamates (subject to hydrolysis) is 1. The summed E-state index contributed by atoms with van der Waals surface area (Å²) < 4.78 is 35.1. The molecule has 12 heteroatoms. The summed E-state index contributed by atoms with van der Waals surface area (Å²) in [4.78, 5) is 27.2. The first-order chi connectivity index (χ1) is 13.2. The first kappa shape index (κ1) is 22.8. The quantitative estimate of drug-likeness (QED) is 0.495. The lowest BCUT2D eigenvalue weighted by Crippen LogP contribution is -2.54. The molecule has 29 heavy (non-hydrogen) atoms. The lowest BCUT2D eigenvalue weighted by Gasteiger charge is -2.50. The predicted molar refractivity (Wildman–Crippen MR) is 109 cm³/mol. The van der Waals surface area contributed by atoms with E-state index in [2.05, 4.69) is 15.0 Å². The number of nitrogens with one attached hydrogen (secondary N) is 2. The second-order valence-electron chi connectivity index (χ2n) is 7.77. The summed E-state index contributed by atoms with van der Waals surface area (Å²) in [5, 5.41) is 13.6. The van der Waals surface area contributed by atoms with E-state index >= 15 is 0 Å². The molecule has 3 N–H and O–H groups in total. The lowest BCUT2D eigenvalue weighted by atomic mass is 9.93. The van der Waals surface area contributed by atoms with Crippen LogP contribution in [0, 0.1) is 15.9 Å². The van der Waals surface area contributed by atoms with Crippen LogP contribution in [0.3, 0.4) is 0 Å². The Balaban J connectivity index is 2.55. The number of halogens is 1. The molecule has 0 aromatic heterocycles. The van der Waals surface area contributed by atoms with Crippen molar-refractivity contribution in [2.45, 2.75) is 38.8 Å². The Morgan fingerprint density at radius 2 is 2.10 bits per heavy atom. The molecular weight excluding hydrogens is 405 g/mol. The zero-order chi connectivity index (χ0) is 22.2. The van der Waals surface area contributed by atoms with Crippen LogP contribution in [-0.2, 0) is 10.3 Å². The smallest absolute Gasteiger partial charge is 0.414 e. The molecular formula is C17H26FN5O5S. The minimum atomic E-state index is -2.76. The highest BCUT2D eigenvalue weighted by molar-refractivity contribution is 8.25. The third-order valence-corrected chi connectivity index (χ3v) is 6.96. The summed E-state index contributed by atoms with van der Waals surface area (Å²) in [7, 11) is 0.284. The van der Waals surface area contributed by atoms with E-state index < -0.39 is 38.7 Å². The number of aliphatic imine (C=N–C) groups is 1. The highest BCUT2D eigenvalue weighted by Gasteiger charge is 2.45. The van der Waals surface area contributed by atoms with Crippen molar-refractivity contribution in [1.82, 2.24) is 14.3 Å². The Kier molecular flexibility index (Phi) is 6.12. The Bertz CT molecular complexity index is 861. The van der Waals surface area contributed by atoms with Gasteiger partial charge in [0.05, 0.1) is 10.7 Å². The van der Waals surface area contributed by atoms with Gasteiger partial charge in [-0.25, -0.2) is 18.9 Å². The van der Waals surface area contributed by atoms with E-state index in [1.807, 2.05) is 0 Å². The number of hydrogen-bond donors (Lipinski definition) is 3. The maximum Gasteiger partial charge on any atom is 0.414 e. The van der Waals surface area contributed by atoms with Crippen molar-refractivity contribution in [3.05, 3.63) is 39.7 Å². The number of benzene rings is 1. The molecule has 0 saturated carbocycles. The van der Waals surface area contributed by atoms with Crippen molar-refractivity contribution >= 4 is 28.4 Å². The average molecular weight is 431 g/mol. The minimum absolute atomic E-state index is 0.0502. The zero-order valence-corrected chi connectivity index (χ0v) is 18.0. The van der Waals surface area contributed by atoms with E-state index in [1.54, 1.807) is 20.8 Å². The van der Waals surface area contributed by atoms with E-state index in [4.69, 9.17) is 4.74 Å².